The van der Waals surface area contributed by atoms with E-state index in [9.17, 15) is 4.79 Å². The maximum Gasteiger partial charge on any atom is 0.251 e. The van der Waals surface area contributed by atoms with Crippen LogP contribution in [0.25, 0.3) is 11.1 Å². The van der Waals surface area contributed by atoms with E-state index in [0.29, 0.717) is 35.5 Å². The van der Waals surface area contributed by atoms with Crippen molar-refractivity contribution in [2.24, 2.45) is 0 Å². The van der Waals surface area contributed by atoms with Crippen LogP contribution in [-0.2, 0) is 6.54 Å². The Morgan fingerprint density at radius 1 is 1.00 bits per heavy atom. The van der Waals surface area contributed by atoms with Gasteiger partial charge in [-0.3, -0.25) is 4.79 Å². The average Bonchev–Trinajstić information content (AvgIpc) is 3.46. The number of nitrogens with one attached hydrogen (secondary N) is 1. The Labute approximate surface area is 234 Å². The molecule has 0 spiro atoms. The first-order chi connectivity index (χ1) is 18.6. The zero-order chi connectivity index (χ0) is 27.0. The standard InChI is InChI=1S/C29H40BrN5O3/c1-3-4-5-6-7-8-9-10-11-12-16-31-29(36)24-20-26(23-14-13-15-25(19-23)37-2)28(27(30)21-24)38-18-17-35-33-22-32-34-35/h13-15,19-22H,3-12,16-18H2,1-2H3,(H,31,36). The summed E-state index contributed by atoms with van der Waals surface area (Å²) in [7, 11) is 1.63. The van der Waals surface area contributed by atoms with Crippen LogP contribution in [0, 0.1) is 0 Å². The molecule has 3 rings (SSSR count). The van der Waals surface area contributed by atoms with E-state index in [4.69, 9.17) is 9.47 Å². The van der Waals surface area contributed by atoms with Gasteiger partial charge in [0, 0.05) is 17.7 Å². The number of aromatic nitrogens is 4. The Morgan fingerprint density at radius 2 is 1.74 bits per heavy atom. The number of tetrazole rings is 1. The number of ether oxygens (including phenoxy) is 2. The third kappa shape index (κ3) is 9.74. The molecule has 8 nitrogen and oxygen atoms in total. The smallest absolute Gasteiger partial charge is 0.251 e. The van der Waals surface area contributed by atoms with Crippen LogP contribution in [0.2, 0.25) is 0 Å². The minimum absolute atomic E-state index is 0.0934. The van der Waals surface area contributed by atoms with Crippen LogP contribution < -0.4 is 14.8 Å². The minimum atomic E-state index is -0.0934. The monoisotopic (exact) mass is 585 g/mol. The summed E-state index contributed by atoms with van der Waals surface area (Å²) in [5.74, 6) is 1.28. The molecule has 206 valence electrons. The van der Waals surface area contributed by atoms with E-state index >= 15 is 0 Å². The Morgan fingerprint density at radius 3 is 2.42 bits per heavy atom. The van der Waals surface area contributed by atoms with Crippen molar-refractivity contribution in [1.82, 2.24) is 25.5 Å². The predicted molar refractivity (Wildman–Crippen MR) is 154 cm³/mol. The highest BCUT2D eigenvalue weighted by Gasteiger charge is 2.17. The highest BCUT2D eigenvalue weighted by Crippen LogP contribution is 2.39. The van der Waals surface area contributed by atoms with Crippen molar-refractivity contribution in [3.8, 4) is 22.6 Å². The molecule has 1 amide bonds. The lowest BCUT2D eigenvalue weighted by atomic mass is 10.0. The first-order valence-corrected chi connectivity index (χ1v) is 14.5. The molecule has 3 aromatic rings. The SMILES string of the molecule is CCCCCCCCCCCCNC(=O)c1cc(Br)c(OCCn2ncnn2)c(-c2cccc(OC)c2)c1. The summed E-state index contributed by atoms with van der Waals surface area (Å²) < 4.78 is 12.2. The molecule has 0 aliphatic heterocycles. The van der Waals surface area contributed by atoms with Gasteiger partial charge in [-0.15, -0.1) is 10.2 Å². The number of rotatable bonds is 18. The Bertz CT molecular complexity index is 1110. The maximum absolute atomic E-state index is 13.0. The predicted octanol–water partition coefficient (Wildman–Crippen LogP) is 6.84. The molecule has 0 aliphatic rings. The number of benzene rings is 2. The Balaban J connectivity index is 1.57. The summed E-state index contributed by atoms with van der Waals surface area (Å²) in [6.45, 7) is 3.72. The van der Waals surface area contributed by atoms with Gasteiger partial charge in [0.25, 0.3) is 5.91 Å². The molecular weight excluding hydrogens is 546 g/mol. The number of carbonyl (C=O) groups excluding carboxylic acids is 1. The first-order valence-electron chi connectivity index (χ1n) is 13.7. The average molecular weight is 587 g/mol. The number of unbranched alkanes of at least 4 members (excludes halogenated alkanes) is 9. The molecule has 1 N–H and O–H groups in total. The molecule has 0 fully saturated rings. The fourth-order valence-electron chi connectivity index (χ4n) is 4.31. The van der Waals surface area contributed by atoms with E-state index in [0.717, 1.165) is 29.7 Å². The zero-order valence-electron chi connectivity index (χ0n) is 22.6. The quantitative estimate of drug-likeness (QED) is 0.164. The number of amides is 1. The summed E-state index contributed by atoms with van der Waals surface area (Å²) in [5, 5.41) is 14.7. The molecule has 1 aromatic heterocycles. The van der Waals surface area contributed by atoms with Crippen molar-refractivity contribution in [2.45, 2.75) is 77.7 Å². The van der Waals surface area contributed by atoms with Gasteiger partial charge < -0.3 is 14.8 Å². The number of halogens is 1. The highest BCUT2D eigenvalue weighted by molar-refractivity contribution is 9.10. The second-order valence-electron chi connectivity index (χ2n) is 9.38. The lowest BCUT2D eigenvalue weighted by molar-refractivity contribution is 0.0953. The second-order valence-corrected chi connectivity index (χ2v) is 10.2. The third-order valence-corrected chi connectivity index (χ3v) is 7.02. The van der Waals surface area contributed by atoms with Crippen molar-refractivity contribution in [1.29, 1.82) is 0 Å². The van der Waals surface area contributed by atoms with Crippen molar-refractivity contribution in [3.63, 3.8) is 0 Å². The lowest BCUT2D eigenvalue weighted by Gasteiger charge is -2.16. The maximum atomic E-state index is 13.0. The van der Waals surface area contributed by atoms with Gasteiger partial charge in [-0.1, -0.05) is 76.8 Å². The molecule has 0 saturated heterocycles. The van der Waals surface area contributed by atoms with E-state index < -0.39 is 0 Å². The summed E-state index contributed by atoms with van der Waals surface area (Å²) >= 11 is 3.63. The van der Waals surface area contributed by atoms with Gasteiger partial charge in [0.05, 0.1) is 18.1 Å². The van der Waals surface area contributed by atoms with Gasteiger partial charge in [0.1, 0.15) is 18.1 Å². The summed E-state index contributed by atoms with van der Waals surface area (Å²) in [5.41, 5.74) is 2.27. The van der Waals surface area contributed by atoms with Gasteiger partial charge in [0.15, 0.2) is 6.33 Å². The Hall–Kier alpha value is -2.94. The number of methoxy groups -OCH3 is 1. The minimum Gasteiger partial charge on any atom is -0.497 e. The van der Waals surface area contributed by atoms with Gasteiger partial charge in [-0.05, 0) is 57.4 Å². The van der Waals surface area contributed by atoms with Crippen LogP contribution >= 0.6 is 15.9 Å². The fraction of sp³-hybridized carbons (Fsp3) is 0.517. The van der Waals surface area contributed by atoms with E-state index in [2.05, 4.69) is 43.6 Å². The van der Waals surface area contributed by atoms with Gasteiger partial charge in [-0.25, -0.2) is 0 Å². The van der Waals surface area contributed by atoms with E-state index in [-0.39, 0.29) is 5.91 Å². The molecule has 2 aromatic carbocycles. The molecule has 0 radical (unpaired) electrons. The molecular formula is C29H40BrN5O3. The van der Waals surface area contributed by atoms with Crippen molar-refractivity contribution in [3.05, 3.63) is 52.8 Å². The fourth-order valence-corrected chi connectivity index (χ4v) is 4.89. The normalized spacial score (nSPS) is 10.9. The molecule has 0 bridgehead atoms. The summed E-state index contributed by atoms with van der Waals surface area (Å²) in [6.07, 6.45) is 14.1. The summed E-state index contributed by atoms with van der Waals surface area (Å²) in [4.78, 5) is 14.5. The number of nitrogens with zero attached hydrogens (tertiary/aromatic N) is 4. The molecule has 1 heterocycles. The number of hydrogen-bond donors (Lipinski definition) is 1. The molecule has 0 saturated carbocycles. The highest BCUT2D eigenvalue weighted by atomic mass is 79.9. The zero-order valence-corrected chi connectivity index (χ0v) is 24.2. The van der Waals surface area contributed by atoms with Crippen LogP contribution in [-0.4, -0.2) is 46.4 Å². The second kappa shape index (κ2) is 16.8. The van der Waals surface area contributed by atoms with Crippen LogP contribution in [0.1, 0.15) is 81.5 Å². The largest absolute Gasteiger partial charge is 0.497 e. The number of hydrogen-bond acceptors (Lipinski definition) is 6. The van der Waals surface area contributed by atoms with E-state index in [1.807, 2.05) is 30.3 Å². The van der Waals surface area contributed by atoms with Crippen LogP contribution in [0.3, 0.4) is 0 Å². The molecule has 0 unspecified atom stereocenters. The molecule has 0 aliphatic carbocycles. The Kier molecular flexibility index (Phi) is 13.1. The van der Waals surface area contributed by atoms with Gasteiger partial charge in [-0.2, -0.15) is 4.80 Å². The topological polar surface area (TPSA) is 91.2 Å². The van der Waals surface area contributed by atoms with Crippen molar-refractivity contribution >= 4 is 21.8 Å². The lowest BCUT2D eigenvalue weighted by Crippen LogP contribution is -2.24. The summed E-state index contributed by atoms with van der Waals surface area (Å²) in [6, 6.07) is 11.4. The van der Waals surface area contributed by atoms with Crippen molar-refractivity contribution in [2.75, 3.05) is 20.3 Å². The van der Waals surface area contributed by atoms with Crippen LogP contribution in [0.4, 0.5) is 0 Å². The molecule has 0 atom stereocenters. The van der Waals surface area contributed by atoms with Crippen molar-refractivity contribution < 1.29 is 14.3 Å². The molecule has 9 heteroatoms. The third-order valence-electron chi connectivity index (χ3n) is 6.43. The van der Waals surface area contributed by atoms with Gasteiger partial charge in [0.2, 0.25) is 0 Å². The van der Waals surface area contributed by atoms with Gasteiger partial charge >= 0.3 is 0 Å². The van der Waals surface area contributed by atoms with E-state index in [1.165, 1.54) is 62.5 Å². The van der Waals surface area contributed by atoms with Crippen LogP contribution in [0.5, 0.6) is 11.5 Å². The van der Waals surface area contributed by atoms with E-state index in [1.54, 1.807) is 13.2 Å². The molecule has 38 heavy (non-hydrogen) atoms. The van der Waals surface area contributed by atoms with Crippen LogP contribution in [0.15, 0.2) is 47.2 Å². The first kappa shape index (κ1) is 29.6. The number of carbonyl (C=O) groups is 1.